The van der Waals surface area contributed by atoms with Crippen molar-refractivity contribution in [2.45, 2.75) is 64.7 Å². The first-order chi connectivity index (χ1) is 14.3. The topological polar surface area (TPSA) is 188 Å². The first kappa shape index (κ1) is 28.7. The highest BCUT2D eigenvalue weighted by atomic mass is 32.2. The number of carbonyl (C=O) groups excluding carboxylic acids is 3. The van der Waals surface area contributed by atoms with E-state index in [2.05, 4.69) is 16.0 Å². The number of hydrogen-bond donors (Lipinski definition) is 6. The second-order valence-corrected chi connectivity index (χ2v) is 8.83. The fourth-order valence-corrected chi connectivity index (χ4v) is 3.07. The van der Waals surface area contributed by atoms with Gasteiger partial charge in [-0.05, 0) is 30.3 Å². The number of nitrogens with two attached hydrogens (primary N) is 1. The average molecular weight is 463 g/mol. The largest absolute Gasteiger partial charge is 0.481 e. The molecule has 178 valence electrons. The van der Waals surface area contributed by atoms with Crippen LogP contribution in [-0.2, 0) is 24.0 Å². The Hall–Kier alpha value is -2.34. The van der Waals surface area contributed by atoms with Crippen LogP contribution in [0.25, 0.3) is 0 Å². The molecule has 0 aromatic carbocycles. The third-order valence-corrected chi connectivity index (χ3v) is 5.10. The Kier molecular flexibility index (Phi) is 12.8. The summed E-state index contributed by atoms with van der Waals surface area (Å²) in [4.78, 5) is 60.1. The van der Waals surface area contributed by atoms with Crippen LogP contribution < -0.4 is 21.7 Å². The number of rotatable bonds is 14. The first-order valence-corrected chi connectivity index (χ1v) is 11.3. The van der Waals surface area contributed by atoms with E-state index >= 15 is 0 Å². The predicted octanol–water partition coefficient (Wildman–Crippen LogP) is -0.607. The van der Waals surface area contributed by atoms with E-state index in [9.17, 15) is 29.1 Å². The van der Waals surface area contributed by atoms with Gasteiger partial charge in [-0.2, -0.15) is 11.8 Å². The maximum Gasteiger partial charge on any atom is 0.326 e. The second-order valence-electron chi connectivity index (χ2n) is 7.85. The van der Waals surface area contributed by atoms with E-state index in [-0.39, 0.29) is 0 Å². The van der Waals surface area contributed by atoms with Crippen LogP contribution in [0.1, 0.15) is 40.5 Å². The predicted molar refractivity (Wildman–Crippen MR) is 116 cm³/mol. The van der Waals surface area contributed by atoms with E-state index in [0.717, 1.165) is 0 Å². The molecule has 0 aromatic rings. The molecule has 0 aliphatic carbocycles. The summed E-state index contributed by atoms with van der Waals surface area (Å²) in [6.45, 7) is 6.53. The molecule has 0 aromatic heterocycles. The van der Waals surface area contributed by atoms with Gasteiger partial charge < -0.3 is 31.9 Å². The molecule has 0 heterocycles. The summed E-state index contributed by atoms with van der Waals surface area (Å²) in [7, 11) is 0. The van der Waals surface area contributed by atoms with Crippen LogP contribution in [-0.4, -0.2) is 76.0 Å². The smallest absolute Gasteiger partial charge is 0.326 e. The highest BCUT2D eigenvalue weighted by molar-refractivity contribution is 7.98. The molecule has 0 saturated carbocycles. The highest BCUT2D eigenvalue weighted by Gasteiger charge is 2.33. The van der Waals surface area contributed by atoms with Crippen LogP contribution >= 0.6 is 11.8 Å². The molecule has 4 atom stereocenters. The first-order valence-electron chi connectivity index (χ1n) is 9.91. The molecular weight excluding hydrogens is 428 g/mol. The summed E-state index contributed by atoms with van der Waals surface area (Å²) in [5, 5.41) is 25.5. The molecule has 0 aliphatic heterocycles. The zero-order chi connectivity index (χ0) is 24.3. The van der Waals surface area contributed by atoms with E-state index in [1.165, 1.54) is 11.8 Å². The normalized spacial score (nSPS) is 15.0. The Morgan fingerprint density at radius 2 is 1.35 bits per heavy atom. The molecule has 4 unspecified atom stereocenters. The number of thioether (sulfide) groups is 1. The lowest BCUT2D eigenvalue weighted by Gasteiger charge is -2.27. The Morgan fingerprint density at radius 1 is 0.839 bits per heavy atom. The van der Waals surface area contributed by atoms with Gasteiger partial charge in [-0.25, -0.2) is 4.79 Å². The molecule has 7 N–H and O–H groups in total. The Balaban J connectivity index is 5.39. The molecule has 0 rings (SSSR count). The zero-order valence-corrected chi connectivity index (χ0v) is 19.3. The maximum atomic E-state index is 12.7. The number of amides is 3. The van der Waals surface area contributed by atoms with Gasteiger partial charge in [0.2, 0.25) is 17.7 Å². The minimum Gasteiger partial charge on any atom is -0.481 e. The Labute approximate surface area is 186 Å². The zero-order valence-electron chi connectivity index (χ0n) is 18.5. The lowest BCUT2D eigenvalue weighted by Crippen LogP contribution is -2.59. The summed E-state index contributed by atoms with van der Waals surface area (Å²) in [5.74, 6) is -5.03. The van der Waals surface area contributed by atoms with Crippen LogP contribution in [0.3, 0.4) is 0 Å². The van der Waals surface area contributed by atoms with Crippen molar-refractivity contribution < 1.29 is 34.2 Å². The van der Waals surface area contributed by atoms with Gasteiger partial charge in [0, 0.05) is 0 Å². The summed E-state index contributed by atoms with van der Waals surface area (Å²) in [5.41, 5.74) is 5.77. The van der Waals surface area contributed by atoms with Gasteiger partial charge in [0.25, 0.3) is 0 Å². The van der Waals surface area contributed by atoms with Gasteiger partial charge in [0.15, 0.2) is 0 Å². The molecule has 0 radical (unpaired) electrons. The Bertz CT molecular complexity index is 657. The second kappa shape index (κ2) is 13.9. The van der Waals surface area contributed by atoms with Gasteiger partial charge in [0.05, 0.1) is 12.5 Å². The van der Waals surface area contributed by atoms with E-state index in [0.29, 0.717) is 12.2 Å². The number of carboxylic acids is 2. The van der Waals surface area contributed by atoms with E-state index in [4.69, 9.17) is 10.8 Å². The summed E-state index contributed by atoms with van der Waals surface area (Å²) >= 11 is 1.49. The third kappa shape index (κ3) is 10.5. The highest BCUT2D eigenvalue weighted by Crippen LogP contribution is 2.08. The number of hydrogen-bond acceptors (Lipinski definition) is 7. The van der Waals surface area contributed by atoms with Crippen molar-refractivity contribution in [3.63, 3.8) is 0 Å². The van der Waals surface area contributed by atoms with Gasteiger partial charge in [-0.3, -0.25) is 19.2 Å². The molecule has 0 fully saturated rings. The van der Waals surface area contributed by atoms with Crippen molar-refractivity contribution in [2.75, 3.05) is 12.0 Å². The Morgan fingerprint density at radius 3 is 1.77 bits per heavy atom. The number of carbonyl (C=O) groups is 5. The van der Waals surface area contributed by atoms with E-state index in [1.54, 1.807) is 27.7 Å². The quantitative estimate of drug-likeness (QED) is 0.196. The molecule has 0 aliphatic rings. The van der Waals surface area contributed by atoms with Crippen LogP contribution in [0.5, 0.6) is 0 Å². The van der Waals surface area contributed by atoms with Crippen LogP contribution in [0.15, 0.2) is 0 Å². The number of aliphatic carboxylic acids is 2. The fourth-order valence-electron chi connectivity index (χ4n) is 2.58. The third-order valence-electron chi connectivity index (χ3n) is 4.46. The molecule has 31 heavy (non-hydrogen) atoms. The van der Waals surface area contributed by atoms with Crippen LogP contribution in [0.4, 0.5) is 0 Å². The summed E-state index contributed by atoms with van der Waals surface area (Å²) in [6.07, 6.45) is 1.48. The fraction of sp³-hybridized carbons (Fsp3) is 0.737. The lowest BCUT2D eigenvalue weighted by atomic mass is 9.99. The van der Waals surface area contributed by atoms with Gasteiger partial charge in [0.1, 0.15) is 18.1 Å². The minimum absolute atomic E-state index is 0.344. The standard InChI is InChI=1S/C19H34N4O7S/c1-9(2)14(18(28)23-15(10(3)4)19(29)30)22-17(27)12(8-13(24)25)21-16(26)11(20)6-7-31-5/h9-12,14-15H,6-8,20H2,1-5H3,(H,21,26)(H,22,27)(H,23,28)(H,24,25)(H,29,30). The molecule has 12 heteroatoms. The molecule has 0 spiro atoms. The van der Waals surface area contributed by atoms with Crippen LogP contribution in [0, 0.1) is 11.8 Å². The van der Waals surface area contributed by atoms with Crippen molar-refractivity contribution in [1.29, 1.82) is 0 Å². The van der Waals surface area contributed by atoms with Crippen LogP contribution in [0.2, 0.25) is 0 Å². The average Bonchev–Trinajstić information content (AvgIpc) is 2.65. The number of nitrogens with one attached hydrogen (secondary N) is 3. The monoisotopic (exact) mass is 462 g/mol. The van der Waals surface area contributed by atoms with Crippen molar-refractivity contribution in [2.24, 2.45) is 17.6 Å². The van der Waals surface area contributed by atoms with E-state index < -0.39 is 72.1 Å². The van der Waals surface area contributed by atoms with Gasteiger partial charge in [-0.15, -0.1) is 0 Å². The van der Waals surface area contributed by atoms with Crippen molar-refractivity contribution in [3.05, 3.63) is 0 Å². The molecule has 11 nitrogen and oxygen atoms in total. The molecule has 3 amide bonds. The van der Waals surface area contributed by atoms with Gasteiger partial charge >= 0.3 is 11.9 Å². The summed E-state index contributed by atoms with van der Waals surface area (Å²) in [6, 6.07) is -4.65. The van der Waals surface area contributed by atoms with E-state index in [1.807, 2.05) is 6.26 Å². The van der Waals surface area contributed by atoms with Crippen molar-refractivity contribution in [1.82, 2.24) is 16.0 Å². The SMILES string of the molecule is CSCCC(N)C(=O)NC(CC(=O)O)C(=O)NC(C(=O)NC(C(=O)O)C(C)C)C(C)C. The summed E-state index contributed by atoms with van der Waals surface area (Å²) < 4.78 is 0. The number of carboxylic acid groups (broad SMARTS) is 2. The molecule has 0 bridgehead atoms. The minimum atomic E-state index is -1.44. The molecule has 0 saturated heterocycles. The maximum absolute atomic E-state index is 12.7. The van der Waals surface area contributed by atoms with Crippen molar-refractivity contribution >= 4 is 41.4 Å². The van der Waals surface area contributed by atoms with Gasteiger partial charge in [-0.1, -0.05) is 27.7 Å². The lowest BCUT2D eigenvalue weighted by molar-refractivity contribution is -0.144. The van der Waals surface area contributed by atoms with Crippen molar-refractivity contribution in [3.8, 4) is 0 Å². The molecular formula is C19H34N4O7S.